The Bertz CT molecular complexity index is 1980. The number of hydrogen-bond donors (Lipinski definition) is 0. The van der Waals surface area contributed by atoms with E-state index in [-0.39, 0.29) is 32.2 Å². The zero-order valence-corrected chi connectivity index (χ0v) is 62.5. The molecule has 0 aromatic heterocycles. The van der Waals surface area contributed by atoms with Crippen LogP contribution in [0.5, 0.6) is 0 Å². The van der Waals surface area contributed by atoms with Crippen LogP contribution in [0.3, 0.4) is 0 Å². The fraction of sp³-hybridized carbons (Fsp3) is 0.733. The molecule has 0 fully saturated rings. The molecular formula is C86H149NO8. The van der Waals surface area contributed by atoms with Crippen molar-refractivity contribution in [2.75, 3.05) is 47.5 Å². The summed E-state index contributed by atoms with van der Waals surface area (Å²) in [6.07, 6.45) is 105. The third-order valence-electron chi connectivity index (χ3n) is 17.2. The molecule has 0 aliphatic rings. The van der Waals surface area contributed by atoms with Gasteiger partial charge in [0.05, 0.1) is 40.3 Å². The largest absolute Gasteiger partial charge is 0.545 e. The monoisotopic (exact) mass is 1320 g/mol. The highest BCUT2D eigenvalue weighted by atomic mass is 16.7. The van der Waals surface area contributed by atoms with Crippen molar-refractivity contribution in [2.45, 2.75) is 360 Å². The molecule has 9 nitrogen and oxygen atoms in total. The topological polar surface area (TPSA) is 111 Å². The van der Waals surface area contributed by atoms with E-state index in [4.69, 9.17) is 18.9 Å². The molecule has 0 amide bonds. The van der Waals surface area contributed by atoms with E-state index < -0.39 is 24.3 Å². The summed E-state index contributed by atoms with van der Waals surface area (Å²) in [5.74, 6) is -2.27. The molecule has 0 spiro atoms. The number of quaternary nitrogens is 1. The second kappa shape index (κ2) is 75.5. The Labute approximate surface area is 587 Å². The third-order valence-corrected chi connectivity index (χ3v) is 17.2. The summed E-state index contributed by atoms with van der Waals surface area (Å²) >= 11 is 0. The van der Waals surface area contributed by atoms with Crippen molar-refractivity contribution >= 4 is 17.9 Å². The fourth-order valence-corrected chi connectivity index (χ4v) is 11.2. The van der Waals surface area contributed by atoms with Crippen molar-refractivity contribution < 1.29 is 42.9 Å². The Hall–Kier alpha value is -4.31. The number of ether oxygens (including phenoxy) is 4. The molecule has 0 aliphatic carbocycles. The molecule has 0 saturated heterocycles. The minimum absolute atomic E-state index is 0.145. The number of unbranched alkanes of at least 4 members (excludes halogenated alkanes) is 38. The van der Waals surface area contributed by atoms with E-state index in [1.807, 2.05) is 21.1 Å². The van der Waals surface area contributed by atoms with Crippen LogP contribution in [0.1, 0.15) is 348 Å². The predicted octanol–water partition coefficient (Wildman–Crippen LogP) is 24.1. The highest BCUT2D eigenvalue weighted by Gasteiger charge is 2.22. The molecule has 0 rings (SSSR count). The Morgan fingerprint density at radius 2 is 0.568 bits per heavy atom. The number of hydrogen-bond acceptors (Lipinski definition) is 8. The maximum Gasteiger partial charge on any atom is 0.306 e. The molecule has 95 heavy (non-hydrogen) atoms. The first kappa shape index (κ1) is 90.7. The molecule has 0 saturated carbocycles. The number of esters is 2. The van der Waals surface area contributed by atoms with Gasteiger partial charge in [-0.2, -0.15) is 0 Å². The highest BCUT2D eigenvalue weighted by molar-refractivity contribution is 5.70. The van der Waals surface area contributed by atoms with Gasteiger partial charge in [-0.15, -0.1) is 0 Å². The van der Waals surface area contributed by atoms with E-state index in [9.17, 15) is 19.5 Å². The van der Waals surface area contributed by atoms with Gasteiger partial charge in [0.25, 0.3) is 0 Å². The van der Waals surface area contributed by atoms with Gasteiger partial charge in [-0.3, -0.25) is 9.59 Å². The fourth-order valence-electron chi connectivity index (χ4n) is 11.2. The number of carboxylic acid groups (broad SMARTS) is 1. The number of carboxylic acids is 1. The van der Waals surface area contributed by atoms with Crippen LogP contribution < -0.4 is 5.11 Å². The van der Waals surface area contributed by atoms with Gasteiger partial charge in [-0.25, -0.2) is 0 Å². The summed E-state index contributed by atoms with van der Waals surface area (Å²) in [7, 11) is 5.94. The van der Waals surface area contributed by atoms with Gasteiger partial charge < -0.3 is 33.3 Å². The van der Waals surface area contributed by atoms with Gasteiger partial charge in [0, 0.05) is 12.8 Å². The lowest BCUT2D eigenvalue weighted by molar-refractivity contribution is -0.870. The maximum absolute atomic E-state index is 13.0. The van der Waals surface area contributed by atoms with Gasteiger partial charge in [0.1, 0.15) is 13.2 Å². The lowest BCUT2D eigenvalue weighted by Crippen LogP contribution is -2.44. The third kappa shape index (κ3) is 76.9. The van der Waals surface area contributed by atoms with Crippen LogP contribution in [-0.4, -0.2) is 82.3 Å². The van der Waals surface area contributed by atoms with E-state index >= 15 is 0 Å². The van der Waals surface area contributed by atoms with Gasteiger partial charge >= 0.3 is 11.9 Å². The van der Waals surface area contributed by atoms with Crippen LogP contribution in [0, 0.1) is 0 Å². The maximum atomic E-state index is 13.0. The predicted molar refractivity (Wildman–Crippen MR) is 407 cm³/mol. The molecule has 0 aromatic rings. The average molecular weight is 1330 g/mol. The van der Waals surface area contributed by atoms with Crippen LogP contribution in [0.2, 0.25) is 0 Å². The van der Waals surface area contributed by atoms with Crippen LogP contribution in [0.4, 0.5) is 0 Å². The van der Waals surface area contributed by atoms with Crippen molar-refractivity contribution in [1.82, 2.24) is 0 Å². The SMILES string of the molecule is CC/C=C\C/C=C\C/C=C\C/C=C\C/C=C\C/C=C\CCCCCCCCCCCCCCCCC(=O)OC(COC(=O)CCCCCCCCCCCCCCCCCCCCCCCCCC/C=C\C/C=C\C/C=C\C/C=C\CC)COC(OCC[N+](C)(C)C)C(=O)[O-]. The Balaban J connectivity index is 4.01. The van der Waals surface area contributed by atoms with Crippen LogP contribution in [-0.2, 0) is 33.3 Å². The number of carbonyl (C=O) groups is 3. The number of likely N-dealkylation sites (N-methyl/N-ethyl adjacent to an activating group) is 1. The molecule has 2 atom stereocenters. The lowest BCUT2D eigenvalue weighted by Gasteiger charge is -2.26. The summed E-state index contributed by atoms with van der Waals surface area (Å²) in [4.78, 5) is 37.6. The number of rotatable bonds is 73. The number of aliphatic carboxylic acids is 1. The zero-order valence-electron chi connectivity index (χ0n) is 62.5. The molecule has 546 valence electrons. The Morgan fingerprint density at radius 3 is 0.842 bits per heavy atom. The van der Waals surface area contributed by atoms with Crippen molar-refractivity contribution in [2.24, 2.45) is 0 Å². The lowest BCUT2D eigenvalue weighted by atomic mass is 10.0. The number of nitrogens with zero attached hydrogens (tertiary/aromatic N) is 1. The number of allylic oxidation sites excluding steroid dienone is 20. The van der Waals surface area contributed by atoms with Crippen LogP contribution >= 0.6 is 0 Å². The molecular weight excluding hydrogens is 1170 g/mol. The van der Waals surface area contributed by atoms with Crippen LogP contribution in [0.15, 0.2) is 122 Å². The molecule has 2 unspecified atom stereocenters. The van der Waals surface area contributed by atoms with E-state index in [1.54, 1.807) is 0 Å². The Morgan fingerprint density at radius 1 is 0.316 bits per heavy atom. The molecule has 0 N–H and O–H groups in total. The minimum Gasteiger partial charge on any atom is -0.545 e. The summed E-state index contributed by atoms with van der Waals surface area (Å²) in [6, 6.07) is 0. The molecule has 0 bridgehead atoms. The summed E-state index contributed by atoms with van der Waals surface area (Å²) in [5.41, 5.74) is 0. The second-order valence-electron chi connectivity index (χ2n) is 27.6. The van der Waals surface area contributed by atoms with Gasteiger partial charge in [-0.1, -0.05) is 354 Å². The highest BCUT2D eigenvalue weighted by Crippen LogP contribution is 2.19. The smallest absolute Gasteiger partial charge is 0.306 e. The van der Waals surface area contributed by atoms with E-state index in [2.05, 4.69) is 135 Å². The zero-order chi connectivity index (χ0) is 69.0. The summed E-state index contributed by atoms with van der Waals surface area (Å²) in [6.45, 7) is 4.56. The number of carbonyl (C=O) groups excluding carboxylic acids is 3. The van der Waals surface area contributed by atoms with Crippen molar-refractivity contribution in [3.05, 3.63) is 122 Å². The van der Waals surface area contributed by atoms with Crippen LogP contribution in [0.25, 0.3) is 0 Å². The first-order valence-corrected chi connectivity index (χ1v) is 39.7. The quantitative estimate of drug-likeness (QED) is 0.0195. The van der Waals surface area contributed by atoms with E-state index in [1.165, 1.54) is 212 Å². The molecule has 0 aliphatic heterocycles. The summed E-state index contributed by atoms with van der Waals surface area (Å²) < 4.78 is 22.9. The van der Waals surface area contributed by atoms with Gasteiger partial charge in [0.2, 0.25) is 0 Å². The normalized spacial score (nSPS) is 13.3. The molecule has 9 heteroatoms. The first-order valence-electron chi connectivity index (χ1n) is 39.7. The summed E-state index contributed by atoms with van der Waals surface area (Å²) in [5, 5.41) is 11.9. The van der Waals surface area contributed by atoms with E-state index in [0.717, 1.165) is 103 Å². The standard InChI is InChI=1S/C86H149NO8/c1-6-8-10-12-14-16-18-20-22-24-26-28-30-32-34-36-38-40-41-42-43-45-46-48-50-52-54-56-58-60-62-64-66-68-70-72-74-76-83(88)93-80-82(81-94-86(85(90)91)92-79-78-87(3,4)5)95-84(89)77-75-73-71-69-67-65-63-61-59-57-55-53-51-49-47-44-39-37-35-33-31-29-27-25-23-21-19-17-15-13-11-9-7-2/h8-11,14-17,20-23,26-29,33,35,39,44,82,86H,6-7,12-13,18-19,24-25,30-32,34,36-38,40-43,45-81H2,1-5H3/b10-8-,11-9-,16-14-,17-15-,22-20-,23-21-,28-26-,29-27-,35-33-,44-39-. The minimum atomic E-state index is -1.63. The Kier molecular flexibility index (Phi) is 72.0. The molecule has 0 heterocycles. The van der Waals surface area contributed by atoms with E-state index in [0.29, 0.717) is 23.9 Å². The second-order valence-corrected chi connectivity index (χ2v) is 27.6. The van der Waals surface area contributed by atoms with Gasteiger partial charge in [-0.05, 0) is 103 Å². The van der Waals surface area contributed by atoms with Gasteiger partial charge in [0.15, 0.2) is 12.4 Å². The first-order chi connectivity index (χ1) is 46.6. The molecule has 0 radical (unpaired) electrons. The van der Waals surface area contributed by atoms with Crippen molar-refractivity contribution in [3.8, 4) is 0 Å². The van der Waals surface area contributed by atoms with Crippen molar-refractivity contribution in [1.29, 1.82) is 0 Å². The average Bonchev–Trinajstić information content (AvgIpc) is 3.75. The van der Waals surface area contributed by atoms with Crippen molar-refractivity contribution in [3.63, 3.8) is 0 Å². The molecule has 0 aromatic carbocycles.